The van der Waals surface area contributed by atoms with E-state index < -0.39 is 12.1 Å². The van der Waals surface area contributed by atoms with E-state index in [9.17, 15) is 13.2 Å². The molecule has 0 saturated heterocycles. The molecule has 1 aromatic heterocycles. The Morgan fingerprint density at radius 3 is 2.57 bits per heavy atom. The van der Waals surface area contributed by atoms with Crippen molar-refractivity contribution in [2.75, 3.05) is 11.9 Å². The van der Waals surface area contributed by atoms with Gasteiger partial charge in [0.2, 0.25) is 5.95 Å². The molecule has 1 atom stereocenters. The van der Waals surface area contributed by atoms with Crippen molar-refractivity contribution in [2.24, 2.45) is 13.0 Å². The molecule has 0 aliphatic rings. The summed E-state index contributed by atoms with van der Waals surface area (Å²) in [6.07, 6.45) is -4.20. The van der Waals surface area contributed by atoms with E-state index in [0.717, 1.165) is 6.92 Å². The number of alkyl halides is 3. The van der Waals surface area contributed by atoms with Gasteiger partial charge in [-0.15, -0.1) is 0 Å². The van der Waals surface area contributed by atoms with Crippen molar-refractivity contribution < 1.29 is 13.2 Å². The first-order valence-electron chi connectivity index (χ1n) is 3.94. The van der Waals surface area contributed by atoms with Crippen LogP contribution in [0.1, 0.15) is 6.92 Å². The largest absolute Gasteiger partial charge is 0.393 e. The Balaban J connectivity index is 2.46. The summed E-state index contributed by atoms with van der Waals surface area (Å²) in [4.78, 5) is 0. The first kappa shape index (κ1) is 10.7. The number of aryl methyl sites for hydroxylation is 1. The minimum Gasteiger partial charge on any atom is -0.352 e. The predicted octanol–water partition coefficient (Wildman–Crippen LogP) is 0.820. The van der Waals surface area contributed by atoms with Gasteiger partial charge in [0.1, 0.15) is 0 Å². The van der Waals surface area contributed by atoms with Crippen LogP contribution >= 0.6 is 0 Å². The topological polar surface area (TPSA) is 55.6 Å². The minimum absolute atomic E-state index is 0.223. The second kappa shape index (κ2) is 3.81. The minimum atomic E-state index is -4.20. The SMILES string of the molecule is CC(CNc1nnnn1C)C(F)(F)F. The number of hydrogen-bond acceptors (Lipinski definition) is 4. The second-order valence-electron chi connectivity index (χ2n) is 2.95. The maximum Gasteiger partial charge on any atom is 0.393 e. The molecule has 0 aliphatic carbocycles. The van der Waals surface area contributed by atoms with E-state index in [1.807, 2.05) is 0 Å². The van der Waals surface area contributed by atoms with Gasteiger partial charge in [0.25, 0.3) is 0 Å². The van der Waals surface area contributed by atoms with Gasteiger partial charge < -0.3 is 5.32 Å². The zero-order valence-corrected chi connectivity index (χ0v) is 7.71. The summed E-state index contributed by atoms with van der Waals surface area (Å²) < 4.78 is 37.5. The molecule has 8 heteroatoms. The molecular weight excluding hydrogens is 199 g/mol. The number of hydrogen-bond donors (Lipinski definition) is 1. The Bertz CT molecular complexity index is 294. The average molecular weight is 209 g/mol. The van der Waals surface area contributed by atoms with Crippen LogP contribution in [0.5, 0.6) is 0 Å². The highest BCUT2D eigenvalue weighted by molar-refractivity contribution is 5.20. The summed E-state index contributed by atoms with van der Waals surface area (Å²) in [5, 5.41) is 12.7. The fourth-order valence-corrected chi connectivity index (χ4v) is 0.739. The van der Waals surface area contributed by atoms with Crippen molar-refractivity contribution in [1.29, 1.82) is 0 Å². The van der Waals surface area contributed by atoms with Crippen molar-refractivity contribution in [1.82, 2.24) is 20.2 Å². The van der Waals surface area contributed by atoms with Crippen LogP contribution in [-0.2, 0) is 7.05 Å². The molecule has 1 unspecified atom stereocenters. The van der Waals surface area contributed by atoms with Crippen molar-refractivity contribution in [3.63, 3.8) is 0 Å². The van der Waals surface area contributed by atoms with Crippen LogP contribution in [0.2, 0.25) is 0 Å². The quantitative estimate of drug-likeness (QED) is 0.800. The van der Waals surface area contributed by atoms with Crippen LogP contribution in [0.4, 0.5) is 19.1 Å². The normalized spacial score (nSPS) is 14.1. The molecule has 1 aromatic rings. The smallest absolute Gasteiger partial charge is 0.352 e. The highest BCUT2D eigenvalue weighted by atomic mass is 19.4. The van der Waals surface area contributed by atoms with Gasteiger partial charge in [-0.25, -0.2) is 4.68 Å². The highest BCUT2D eigenvalue weighted by Gasteiger charge is 2.35. The third-order valence-corrected chi connectivity index (χ3v) is 1.75. The Hall–Kier alpha value is -1.34. The maximum absolute atomic E-state index is 12.1. The molecule has 0 radical (unpaired) electrons. The molecule has 14 heavy (non-hydrogen) atoms. The first-order chi connectivity index (χ1) is 6.41. The number of nitrogens with zero attached hydrogens (tertiary/aromatic N) is 4. The van der Waals surface area contributed by atoms with Gasteiger partial charge in [-0.2, -0.15) is 13.2 Å². The fraction of sp³-hybridized carbons (Fsp3) is 0.833. The Morgan fingerprint density at radius 2 is 2.14 bits per heavy atom. The maximum atomic E-state index is 12.1. The van der Waals surface area contributed by atoms with Gasteiger partial charge >= 0.3 is 6.18 Å². The standard InChI is InChI=1S/C6H10F3N5/c1-4(6(7,8)9)3-10-5-11-12-13-14(5)2/h4H,3H2,1-2H3,(H,10,11,13). The third-order valence-electron chi connectivity index (χ3n) is 1.75. The van der Waals surface area contributed by atoms with E-state index in [-0.39, 0.29) is 12.5 Å². The van der Waals surface area contributed by atoms with Gasteiger partial charge in [-0.1, -0.05) is 12.0 Å². The molecule has 80 valence electrons. The second-order valence-corrected chi connectivity index (χ2v) is 2.95. The summed E-state index contributed by atoms with van der Waals surface area (Å²) in [6, 6.07) is 0. The lowest BCUT2D eigenvalue weighted by molar-refractivity contribution is -0.165. The summed E-state index contributed by atoms with van der Waals surface area (Å²) in [7, 11) is 1.54. The molecule has 0 amide bonds. The highest BCUT2D eigenvalue weighted by Crippen LogP contribution is 2.25. The summed E-state index contributed by atoms with van der Waals surface area (Å²) >= 11 is 0. The van der Waals surface area contributed by atoms with E-state index in [1.54, 1.807) is 7.05 Å². The molecule has 0 saturated carbocycles. The van der Waals surface area contributed by atoms with Crippen LogP contribution in [0, 0.1) is 5.92 Å². The van der Waals surface area contributed by atoms with E-state index in [4.69, 9.17) is 0 Å². The molecule has 1 N–H and O–H groups in total. The van der Waals surface area contributed by atoms with Crippen LogP contribution in [-0.4, -0.2) is 32.9 Å². The Kier molecular flexibility index (Phi) is 2.92. The van der Waals surface area contributed by atoms with E-state index >= 15 is 0 Å². The van der Waals surface area contributed by atoms with Crippen molar-refractivity contribution in [2.45, 2.75) is 13.1 Å². The number of rotatable bonds is 3. The predicted molar refractivity (Wildman–Crippen MR) is 42.5 cm³/mol. The zero-order valence-electron chi connectivity index (χ0n) is 7.71. The monoisotopic (exact) mass is 209 g/mol. The summed E-state index contributed by atoms with van der Waals surface area (Å²) in [6.45, 7) is 0.856. The molecule has 0 fully saturated rings. The Morgan fingerprint density at radius 1 is 1.50 bits per heavy atom. The molecular formula is C6H10F3N5. The van der Waals surface area contributed by atoms with Gasteiger partial charge in [0, 0.05) is 13.6 Å². The molecule has 1 heterocycles. The molecule has 0 aliphatic heterocycles. The molecule has 0 aromatic carbocycles. The van der Waals surface area contributed by atoms with Crippen molar-refractivity contribution in [3.05, 3.63) is 0 Å². The number of anilines is 1. The van der Waals surface area contributed by atoms with Crippen molar-refractivity contribution >= 4 is 5.95 Å². The number of halogens is 3. The van der Waals surface area contributed by atoms with Gasteiger partial charge in [-0.05, 0) is 10.4 Å². The third kappa shape index (κ3) is 2.57. The van der Waals surface area contributed by atoms with Crippen LogP contribution in [0.25, 0.3) is 0 Å². The Labute approximate surface area is 78.3 Å². The van der Waals surface area contributed by atoms with Gasteiger partial charge in [-0.3, -0.25) is 0 Å². The van der Waals surface area contributed by atoms with E-state index in [2.05, 4.69) is 20.8 Å². The number of nitrogens with one attached hydrogen (secondary N) is 1. The summed E-state index contributed by atoms with van der Waals surface area (Å²) in [5.41, 5.74) is 0. The average Bonchev–Trinajstić information content (AvgIpc) is 2.45. The lowest BCUT2D eigenvalue weighted by Crippen LogP contribution is -2.27. The first-order valence-corrected chi connectivity index (χ1v) is 3.94. The zero-order chi connectivity index (χ0) is 10.8. The van der Waals surface area contributed by atoms with Crippen molar-refractivity contribution in [3.8, 4) is 0 Å². The van der Waals surface area contributed by atoms with Gasteiger partial charge in [0.15, 0.2) is 0 Å². The lowest BCUT2D eigenvalue weighted by Gasteiger charge is -2.15. The molecule has 0 bridgehead atoms. The summed E-state index contributed by atoms with van der Waals surface area (Å²) in [5.74, 6) is -1.21. The van der Waals surface area contributed by atoms with E-state index in [0.29, 0.717) is 0 Å². The van der Waals surface area contributed by atoms with Crippen LogP contribution in [0.3, 0.4) is 0 Å². The van der Waals surface area contributed by atoms with Gasteiger partial charge in [0.05, 0.1) is 5.92 Å². The van der Waals surface area contributed by atoms with Crippen LogP contribution in [0.15, 0.2) is 0 Å². The number of aromatic nitrogens is 4. The molecule has 1 rings (SSSR count). The van der Waals surface area contributed by atoms with Crippen LogP contribution < -0.4 is 5.32 Å². The molecule has 5 nitrogen and oxygen atoms in total. The number of tetrazole rings is 1. The molecule has 0 spiro atoms. The fourth-order valence-electron chi connectivity index (χ4n) is 0.739. The van der Waals surface area contributed by atoms with E-state index in [1.165, 1.54) is 4.68 Å². The lowest BCUT2D eigenvalue weighted by atomic mass is 10.2.